The van der Waals surface area contributed by atoms with Crippen LogP contribution in [0.4, 0.5) is 30.7 Å². The first-order chi connectivity index (χ1) is 15.4. The molecule has 0 bridgehead atoms. The van der Waals surface area contributed by atoms with E-state index in [2.05, 4.69) is 0 Å². The number of halogens is 8. The fourth-order valence-corrected chi connectivity index (χ4v) is 3.15. The fourth-order valence-electron chi connectivity index (χ4n) is 3.06. The lowest BCUT2D eigenvalue weighted by Gasteiger charge is -2.38. The van der Waals surface area contributed by atoms with Gasteiger partial charge in [-0.25, -0.2) is 4.39 Å². The maximum atomic E-state index is 14.1. The van der Waals surface area contributed by atoms with Crippen molar-refractivity contribution < 1.29 is 50.4 Å². The van der Waals surface area contributed by atoms with E-state index in [0.29, 0.717) is 24.3 Å². The molecule has 0 saturated heterocycles. The van der Waals surface area contributed by atoms with Crippen molar-refractivity contribution in [2.24, 2.45) is 0 Å². The normalized spacial score (nSPS) is 14.6. The highest BCUT2D eigenvalue weighted by Gasteiger charge is 2.72. The van der Waals surface area contributed by atoms with E-state index in [-0.39, 0.29) is 24.0 Å². The van der Waals surface area contributed by atoms with Gasteiger partial charge in [-0.1, -0.05) is 24.3 Å². The minimum Gasteiger partial charge on any atom is -0.491 e. The Kier molecular flexibility index (Phi) is 8.83. The zero-order valence-corrected chi connectivity index (χ0v) is 17.6. The first kappa shape index (κ1) is 27.0. The summed E-state index contributed by atoms with van der Waals surface area (Å²) in [5.41, 5.74) is -6.59. The van der Waals surface area contributed by atoms with Crippen molar-refractivity contribution in [2.45, 2.75) is 30.0 Å². The lowest BCUT2D eigenvalue weighted by molar-refractivity contribution is -0.288. The number of hydrogen-bond acceptors (Lipinski definition) is 4. The van der Waals surface area contributed by atoms with Crippen LogP contribution in [0.1, 0.15) is 11.1 Å². The molecule has 0 radical (unpaired) electrons. The van der Waals surface area contributed by atoms with Crippen LogP contribution in [0.3, 0.4) is 0 Å². The van der Waals surface area contributed by atoms with Gasteiger partial charge in [0.05, 0.1) is 5.88 Å². The number of hydrogen-bond donors (Lipinski definition) is 2. The van der Waals surface area contributed by atoms with E-state index < -0.39 is 54.4 Å². The molecule has 4 nitrogen and oxygen atoms in total. The Morgan fingerprint density at radius 3 is 1.36 bits per heavy atom. The number of aliphatic hydroxyl groups is 2. The van der Waals surface area contributed by atoms with Gasteiger partial charge < -0.3 is 19.7 Å². The summed E-state index contributed by atoms with van der Waals surface area (Å²) in [5.74, 6) is -0.377. The average molecular weight is 505 g/mol. The summed E-state index contributed by atoms with van der Waals surface area (Å²) in [6.07, 6.45) is -14.1. The van der Waals surface area contributed by atoms with Crippen LogP contribution in [0, 0.1) is 0 Å². The Morgan fingerprint density at radius 1 is 0.697 bits per heavy atom. The zero-order chi connectivity index (χ0) is 24.9. The van der Waals surface area contributed by atoms with Crippen LogP contribution >= 0.6 is 11.6 Å². The van der Waals surface area contributed by atoms with Crippen molar-refractivity contribution in [1.29, 1.82) is 0 Å². The third-order valence-electron chi connectivity index (χ3n) is 4.67. The monoisotopic (exact) mass is 504 g/mol. The fraction of sp³-hybridized carbons (Fsp3) is 0.429. The zero-order valence-electron chi connectivity index (χ0n) is 16.8. The molecule has 2 rings (SSSR count). The van der Waals surface area contributed by atoms with Crippen LogP contribution in [0.25, 0.3) is 0 Å². The Morgan fingerprint density at radius 2 is 1.06 bits per heavy atom. The van der Waals surface area contributed by atoms with Gasteiger partial charge in [-0.2, -0.15) is 26.3 Å². The van der Waals surface area contributed by atoms with Crippen LogP contribution in [-0.2, 0) is 5.41 Å². The molecule has 0 fully saturated rings. The molecule has 0 saturated carbocycles. The number of aliphatic hydroxyl groups excluding tert-OH is 2. The maximum Gasteiger partial charge on any atom is 0.411 e. The van der Waals surface area contributed by atoms with Crippen LogP contribution in [0.5, 0.6) is 11.5 Å². The third-order valence-corrected chi connectivity index (χ3v) is 5.02. The number of alkyl halides is 8. The van der Waals surface area contributed by atoms with Crippen LogP contribution < -0.4 is 9.47 Å². The van der Waals surface area contributed by atoms with E-state index in [0.717, 1.165) is 24.3 Å². The molecular weight excluding hydrogens is 485 g/mol. The smallest absolute Gasteiger partial charge is 0.411 e. The maximum absolute atomic E-state index is 14.1. The van der Waals surface area contributed by atoms with Crippen molar-refractivity contribution in [3.8, 4) is 11.5 Å². The van der Waals surface area contributed by atoms with Crippen LogP contribution in [-0.4, -0.2) is 60.5 Å². The molecular formula is C21H20ClF7O4. The minimum atomic E-state index is -5.78. The highest BCUT2D eigenvalue weighted by Crippen LogP contribution is 2.56. The lowest BCUT2D eigenvalue weighted by atomic mass is 9.73. The second kappa shape index (κ2) is 10.8. The van der Waals surface area contributed by atoms with Gasteiger partial charge in [0.25, 0.3) is 0 Å². The topological polar surface area (TPSA) is 58.9 Å². The SMILES string of the molecule is OC(CF)COc1ccc(C(c2ccc(OCC(O)CCl)cc2)(C(F)(F)F)C(F)(F)F)cc1. The Hall–Kier alpha value is -2.24. The molecule has 0 aliphatic heterocycles. The molecule has 0 aliphatic rings. The van der Waals surface area contributed by atoms with Crippen LogP contribution in [0.15, 0.2) is 48.5 Å². The number of rotatable bonds is 10. The van der Waals surface area contributed by atoms with E-state index in [1.807, 2.05) is 0 Å². The van der Waals surface area contributed by atoms with Gasteiger partial charge in [0.1, 0.15) is 43.6 Å². The largest absolute Gasteiger partial charge is 0.491 e. The third kappa shape index (κ3) is 6.01. The standard InChI is InChI=1S/C21H20ClF7O4/c22-9-15(30)11-32-17-5-1-13(2-6-17)19(20(24,25)26,21(27,28)29)14-3-7-18(8-4-14)33-12-16(31)10-23/h1-8,15-16,30-31H,9-12H2. The molecule has 2 N–H and O–H groups in total. The molecule has 0 aromatic heterocycles. The predicted octanol–water partition coefficient (Wildman–Crippen LogP) is 4.79. The molecule has 0 heterocycles. The lowest BCUT2D eigenvalue weighted by Crippen LogP contribution is -2.54. The molecule has 0 amide bonds. The molecule has 12 heteroatoms. The van der Waals surface area contributed by atoms with E-state index in [9.17, 15) is 35.8 Å². The summed E-state index contributed by atoms with van der Waals surface area (Å²) in [4.78, 5) is 0. The van der Waals surface area contributed by atoms with Gasteiger partial charge in [-0.15, -0.1) is 11.6 Å². The summed E-state index contributed by atoms with van der Waals surface area (Å²) >= 11 is 5.41. The van der Waals surface area contributed by atoms with Gasteiger partial charge >= 0.3 is 12.4 Å². The molecule has 2 atom stereocenters. The second-order valence-electron chi connectivity index (χ2n) is 7.03. The summed E-state index contributed by atoms with van der Waals surface area (Å²) in [7, 11) is 0. The minimum absolute atomic E-state index is 0.0589. The van der Waals surface area contributed by atoms with Crippen molar-refractivity contribution in [3.05, 3.63) is 59.7 Å². The predicted molar refractivity (Wildman–Crippen MR) is 105 cm³/mol. The molecule has 184 valence electrons. The van der Waals surface area contributed by atoms with Crippen molar-refractivity contribution in [3.63, 3.8) is 0 Å². The van der Waals surface area contributed by atoms with Gasteiger partial charge in [-0.3, -0.25) is 0 Å². The molecule has 0 aliphatic carbocycles. The molecule has 33 heavy (non-hydrogen) atoms. The number of benzene rings is 2. The van der Waals surface area contributed by atoms with Gasteiger partial charge in [0.15, 0.2) is 0 Å². The first-order valence-corrected chi connectivity index (χ1v) is 9.98. The van der Waals surface area contributed by atoms with E-state index >= 15 is 0 Å². The Labute approximate surface area is 189 Å². The highest BCUT2D eigenvalue weighted by atomic mass is 35.5. The first-order valence-electron chi connectivity index (χ1n) is 9.45. The molecule has 2 aromatic rings. The quantitative estimate of drug-likeness (QED) is 0.361. The Bertz CT molecular complexity index is 797. The van der Waals surface area contributed by atoms with Crippen molar-refractivity contribution >= 4 is 11.6 Å². The van der Waals surface area contributed by atoms with Gasteiger partial charge in [0, 0.05) is 0 Å². The average Bonchev–Trinajstić information content (AvgIpc) is 2.75. The van der Waals surface area contributed by atoms with Crippen molar-refractivity contribution in [2.75, 3.05) is 25.8 Å². The summed E-state index contributed by atoms with van der Waals surface area (Å²) in [6.45, 7) is -1.96. The van der Waals surface area contributed by atoms with Crippen molar-refractivity contribution in [1.82, 2.24) is 0 Å². The van der Waals surface area contributed by atoms with Gasteiger partial charge in [-0.05, 0) is 35.4 Å². The second-order valence-corrected chi connectivity index (χ2v) is 7.34. The Balaban J connectivity index is 2.48. The van der Waals surface area contributed by atoms with E-state index in [1.54, 1.807) is 0 Å². The summed E-state index contributed by atoms with van der Waals surface area (Å²) < 4.78 is 107. The summed E-state index contributed by atoms with van der Waals surface area (Å²) in [5, 5.41) is 18.5. The molecule has 2 unspecified atom stereocenters. The summed E-state index contributed by atoms with van der Waals surface area (Å²) in [6, 6.07) is 6.11. The van der Waals surface area contributed by atoms with Crippen LogP contribution in [0.2, 0.25) is 0 Å². The molecule has 0 spiro atoms. The number of ether oxygens (including phenoxy) is 2. The molecule has 2 aromatic carbocycles. The van der Waals surface area contributed by atoms with Gasteiger partial charge in [0.2, 0.25) is 5.41 Å². The van der Waals surface area contributed by atoms with E-state index in [4.69, 9.17) is 26.2 Å². The highest BCUT2D eigenvalue weighted by molar-refractivity contribution is 6.18. The van der Waals surface area contributed by atoms with E-state index in [1.165, 1.54) is 0 Å².